The van der Waals surface area contributed by atoms with Crippen LogP contribution in [0.2, 0.25) is 5.02 Å². The summed E-state index contributed by atoms with van der Waals surface area (Å²) >= 11 is 9.41. The fourth-order valence-corrected chi connectivity index (χ4v) is 3.65. The minimum absolute atomic E-state index is 0.0330. The minimum Gasteiger partial charge on any atom is -0.310 e. The lowest BCUT2D eigenvalue weighted by Crippen LogP contribution is -2.35. The first-order valence-electron chi connectivity index (χ1n) is 6.86. The Bertz CT molecular complexity index is 458. The molecule has 0 heterocycles. The van der Waals surface area contributed by atoms with Gasteiger partial charge in [0.2, 0.25) is 0 Å². The Morgan fingerprint density at radius 3 is 2.63 bits per heavy atom. The summed E-state index contributed by atoms with van der Waals surface area (Å²) in [5.41, 5.74) is 0.813. The summed E-state index contributed by atoms with van der Waals surface area (Å²) in [7, 11) is 0. The molecule has 1 nitrogen and oxygen atoms in total. The lowest BCUT2D eigenvalue weighted by Gasteiger charge is -2.35. The first-order valence-corrected chi connectivity index (χ1v) is 8.03. The molecule has 2 rings (SSSR count). The van der Waals surface area contributed by atoms with E-state index in [1.807, 2.05) is 0 Å². The summed E-state index contributed by atoms with van der Waals surface area (Å²) in [5.74, 6) is -0.185. The Kier molecular flexibility index (Phi) is 4.91. The van der Waals surface area contributed by atoms with E-state index < -0.39 is 0 Å². The molecule has 19 heavy (non-hydrogen) atoms. The maximum Gasteiger partial charge on any atom is 0.129 e. The SMILES string of the molecule is CCNC(c1cc(Cl)c(Br)cc1F)C1(C)CCCC1. The van der Waals surface area contributed by atoms with E-state index in [0.717, 1.165) is 19.4 Å². The van der Waals surface area contributed by atoms with Gasteiger partial charge in [0.25, 0.3) is 0 Å². The first-order chi connectivity index (χ1) is 8.98. The predicted octanol–water partition coefficient (Wildman–Crippen LogP) is 5.47. The van der Waals surface area contributed by atoms with E-state index in [0.29, 0.717) is 15.1 Å². The molecule has 1 aliphatic carbocycles. The molecule has 1 aromatic rings. The van der Waals surface area contributed by atoms with Crippen LogP contribution in [0.5, 0.6) is 0 Å². The highest BCUT2D eigenvalue weighted by atomic mass is 79.9. The van der Waals surface area contributed by atoms with Gasteiger partial charge in [0.05, 0.1) is 5.02 Å². The monoisotopic (exact) mass is 347 g/mol. The quantitative estimate of drug-likeness (QED) is 0.711. The third-order valence-corrected chi connectivity index (χ3v) is 5.40. The van der Waals surface area contributed by atoms with Crippen molar-refractivity contribution in [2.24, 2.45) is 5.41 Å². The zero-order chi connectivity index (χ0) is 14.0. The average Bonchev–Trinajstić information content (AvgIpc) is 2.79. The summed E-state index contributed by atoms with van der Waals surface area (Å²) < 4.78 is 14.9. The van der Waals surface area contributed by atoms with Gasteiger partial charge in [-0.05, 0) is 52.9 Å². The van der Waals surface area contributed by atoms with Crippen LogP contribution in [-0.2, 0) is 0 Å². The molecule has 0 aromatic heterocycles. The molecule has 1 fully saturated rings. The van der Waals surface area contributed by atoms with E-state index in [1.165, 1.54) is 18.9 Å². The van der Waals surface area contributed by atoms with Crippen molar-refractivity contribution in [3.63, 3.8) is 0 Å². The van der Waals surface area contributed by atoms with Gasteiger partial charge in [-0.3, -0.25) is 0 Å². The fraction of sp³-hybridized carbons (Fsp3) is 0.600. The van der Waals surface area contributed by atoms with Gasteiger partial charge in [-0.15, -0.1) is 0 Å². The summed E-state index contributed by atoms with van der Waals surface area (Å²) in [6, 6.07) is 3.27. The van der Waals surface area contributed by atoms with Crippen LogP contribution in [0.4, 0.5) is 4.39 Å². The van der Waals surface area contributed by atoms with E-state index in [4.69, 9.17) is 11.6 Å². The summed E-state index contributed by atoms with van der Waals surface area (Å²) in [4.78, 5) is 0. The fourth-order valence-electron chi connectivity index (χ4n) is 3.17. The second-order valence-corrected chi connectivity index (χ2v) is 6.90. The van der Waals surface area contributed by atoms with Gasteiger partial charge in [0.1, 0.15) is 5.82 Å². The van der Waals surface area contributed by atoms with E-state index in [-0.39, 0.29) is 17.3 Å². The number of hydrogen-bond donors (Lipinski definition) is 1. The minimum atomic E-state index is -0.185. The van der Waals surface area contributed by atoms with E-state index >= 15 is 0 Å². The molecule has 0 amide bonds. The Morgan fingerprint density at radius 1 is 1.42 bits per heavy atom. The zero-order valence-corrected chi connectivity index (χ0v) is 13.7. The van der Waals surface area contributed by atoms with Gasteiger partial charge in [0, 0.05) is 16.1 Å². The first kappa shape index (κ1) is 15.3. The van der Waals surface area contributed by atoms with Crippen molar-refractivity contribution in [1.82, 2.24) is 5.32 Å². The largest absolute Gasteiger partial charge is 0.310 e. The van der Waals surface area contributed by atoms with Gasteiger partial charge < -0.3 is 5.32 Å². The predicted molar refractivity (Wildman–Crippen MR) is 82.1 cm³/mol. The number of nitrogens with one attached hydrogen (secondary N) is 1. The number of halogens is 3. The summed E-state index contributed by atoms with van der Waals surface area (Å²) in [5, 5.41) is 4.03. The molecule has 0 radical (unpaired) electrons. The molecule has 1 aromatic carbocycles. The molecule has 1 aliphatic rings. The van der Waals surface area contributed by atoms with E-state index in [9.17, 15) is 4.39 Å². The van der Waals surface area contributed by atoms with Crippen LogP contribution in [0.15, 0.2) is 16.6 Å². The van der Waals surface area contributed by atoms with Crippen molar-refractivity contribution in [3.8, 4) is 0 Å². The molecule has 1 unspecified atom stereocenters. The van der Waals surface area contributed by atoms with Crippen LogP contribution in [0.1, 0.15) is 51.1 Å². The Morgan fingerprint density at radius 2 is 2.05 bits per heavy atom. The number of rotatable bonds is 4. The molecule has 1 atom stereocenters. The normalized spacial score (nSPS) is 19.6. The number of hydrogen-bond acceptors (Lipinski definition) is 1. The smallest absolute Gasteiger partial charge is 0.129 e. The maximum absolute atomic E-state index is 14.3. The van der Waals surface area contributed by atoms with Crippen LogP contribution in [0.3, 0.4) is 0 Å². The summed E-state index contributed by atoms with van der Waals surface area (Å²) in [6.45, 7) is 5.14. The third-order valence-electron chi connectivity index (χ3n) is 4.20. The van der Waals surface area contributed by atoms with Gasteiger partial charge in [0.15, 0.2) is 0 Å². The van der Waals surface area contributed by atoms with Crippen molar-refractivity contribution in [2.75, 3.05) is 6.54 Å². The van der Waals surface area contributed by atoms with Crippen molar-refractivity contribution in [1.29, 1.82) is 0 Å². The van der Waals surface area contributed by atoms with Gasteiger partial charge >= 0.3 is 0 Å². The topological polar surface area (TPSA) is 12.0 Å². The molecular weight excluding hydrogens is 329 g/mol. The van der Waals surface area contributed by atoms with Gasteiger partial charge in [-0.1, -0.05) is 38.3 Å². The molecular formula is C15H20BrClFN. The lowest BCUT2D eigenvalue weighted by atomic mass is 9.77. The third kappa shape index (κ3) is 3.14. The van der Waals surface area contributed by atoms with Gasteiger partial charge in [-0.25, -0.2) is 4.39 Å². The van der Waals surface area contributed by atoms with Crippen molar-refractivity contribution >= 4 is 27.5 Å². The molecule has 4 heteroatoms. The Labute approximate surface area is 128 Å². The second-order valence-electron chi connectivity index (χ2n) is 5.64. The molecule has 106 valence electrons. The standard InChI is InChI=1S/C15H20BrClFN/c1-3-19-14(15(2)6-4-5-7-15)10-8-12(17)11(16)9-13(10)18/h8-9,14,19H,3-7H2,1-2H3. The average molecular weight is 349 g/mol. The lowest BCUT2D eigenvalue weighted by molar-refractivity contribution is 0.221. The van der Waals surface area contributed by atoms with E-state index in [2.05, 4.69) is 35.1 Å². The highest BCUT2D eigenvalue weighted by Crippen LogP contribution is 2.48. The van der Waals surface area contributed by atoms with Crippen LogP contribution in [0.25, 0.3) is 0 Å². The zero-order valence-electron chi connectivity index (χ0n) is 11.4. The molecule has 0 bridgehead atoms. The van der Waals surface area contributed by atoms with E-state index in [1.54, 1.807) is 6.07 Å². The van der Waals surface area contributed by atoms with Gasteiger partial charge in [-0.2, -0.15) is 0 Å². The van der Waals surface area contributed by atoms with Crippen LogP contribution >= 0.6 is 27.5 Å². The highest BCUT2D eigenvalue weighted by Gasteiger charge is 2.38. The molecule has 0 aliphatic heterocycles. The van der Waals surface area contributed by atoms with Crippen LogP contribution in [-0.4, -0.2) is 6.54 Å². The highest BCUT2D eigenvalue weighted by molar-refractivity contribution is 9.10. The molecule has 1 N–H and O–H groups in total. The second kappa shape index (κ2) is 6.11. The number of benzene rings is 1. The Balaban J connectivity index is 2.41. The van der Waals surface area contributed by atoms with Crippen molar-refractivity contribution < 1.29 is 4.39 Å². The maximum atomic E-state index is 14.3. The van der Waals surface area contributed by atoms with Crippen LogP contribution < -0.4 is 5.32 Å². The summed E-state index contributed by atoms with van der Waals surface area (Å²) in [6.07, 6.45) is 4.73. The molecule has 1 saturated carbocycles. The van der Waals surface area contributed by atoms with Crippen LogP contribution in [0, 0.1) is 11.2 Å². The molecule has 0 saturated heterocycles. The van der Waals surface area contributed by atoms with Crippen molar-refractivity contribution in [3.05, 3.63) is 33.0 Å². The Hall–Kier alpha value is -0.120. The van der Waals surface area contributed by atoms with Crippen molar-refractivity contribution in [2.45, 2.75) is 45.6 Å². The molecule has 0 spiro atoms.